The summed E-state index contributed by atoms with van der Waals surface area (Å²) in [6.45, 7) is 1.97. The first-order chi connectivity index (χ1) is 9.56. The maximum Gasteiger partial charge on any atom is 0.305 e. The molecule has 0 unspecified atom stereocenters. The number of nitrogens with one attached hydrogen (secondary N) is 1. The first-order valence-corrected chi connectivity index (χ1v) is 6.78. The Morgan fingerprint density at radius 3 is 2.80 bits per heavy atom. The number of hydrogen-bond donors (Lipinski definition) is 2. The van der Waals surface area contributed by atoms with Gasteiger partial charge in [-0.25, -0.2) is 0 Å². The third-order valence-corrected chi connectivity index (χ3v) is 3.41. The van der Waals surface area contributed by atoms with Crippen LogP contribution < -0.4 is 5.32 Å². The fourth-order valence-corrected chi connectivity index (χ4v) is 2.28. The summed E-state index contributed by atoms with van der Waals surface area (Å²) in [5.74, 6) is -1.24. The molecule has 1 amide bonds. The number of aliphatic carboxylic acids is 1. The second-order valence-electron chi connectivity index (χ2n) is 4.11. The van der Waals surface area contributed by atoms with Gasteiger partial charge in [0.1, 0.15) is 10.0 Å². The van der Waals surface area contributed by atoms with Gasteiger partial charge in [-0.2, -0.15) is 0 Å². The number of carboxylic acid groups (broad SMARTS) is 1. The Balaban J connectivity index is 2.09. The molecule has 1 heterocycles. The summed E-state index contributed by atoms with van der Waals surface area (Å²) in [5.41, 5.74) is 1.29. The number of hydrogen-bond acceptors (Lipinski definition) is 5. The molecule has 0 aliphatic carbocycles. The van der Waals surface area contributed by atoms with Crippen molar-refractivity contribution in [1.29, 1.82) is 0 Å². The zero-order valence-electron chi connectivity index (χ0n) is 10.8. The number of aryl methyl sites for hydroxylation is 1. The van der Waals surface area contributed by atoms with Crippen LogP contribution in [0.2, 0.25) is 0 Å². The standard InChI is InChI=1S/C13H13N3O3S/c1-8-15-16-13(20-8)10-4-2-3-9(7-10)12(19)14-6-5-11(17)18/h2-4,7H,5-6H2,1H3,(H,14,19)(H,17,18). The van der Waals surface area contributed by atoms with Crippen molar-refractivity contribution in [3.05, 3.63) is 34.8 Å². The van der Waals surface area contributed by atoms with E-state index in [4.69, 9.17) is 5.11 Å². The fourth-order valence-electron chi connectivity index (χ4n) is 1.59. The first kappa shape index (κ1) is 14.1. The largest absolute Gasteiger partial charge is 0.481 e. The number of aromatic nitrogens is 2. The predicted octanol–water partition coefficient (Wildman–Crippen LogP) is 1.72. The van der Waals surface area contributed by atoms with Crippen molar-refractivity contribution < 1.29 is 14.7 Å². The summed E-state index contributed by atoms with van der Waals surface area (Å²) < 4.78 is 0. The van der Waals surface area contributed by atoms with Gasteiger partial charge >= 0.3 is 5.97 Å². The highest BCUT2D eigenvalue weighted by Gasteiger charge is 2.09. The molecule has 0 aliphatic heterocycles. The van der Waals surface area contributed by atoms with Crippen molar-refractivity contribution in [2.45, 2.75) is 13.3 Å². The molecule has 0 atom stereocenters. The van der Waals surface area contributed by atoms with Crippen LogP contribution >= 0.6 is 11.3 Å². The van der Waals surface area contributed by atoms with E-state index in [0.717, 1.165) is 15.6 Å². The third kappa shape index (κ3) is 3.61. The molecule has 0 fully saturated rings. The van der Waals surface area contributed by atoms with Gasteiger partial charge in [0.2, 0.25) is 0 Å². The highest BCUT2D eigenvalue weighted by Crippen LogP contribution is 2.23. The van der Waals surface area contributed by atoms with E-state index >= 15 is 0 Å². The fraction of sp³-hybridized carbons (Fsp3) is 0.231. The van der Waals surface area contributed by atoms with Gasteiger partial charge in [0.15, 0.2) is 0 Å². The summed E-state index contributed by atoms with van der Waals surface area (Å²) in [6, 6.07) is 7.01. The smallest absolute Gasteiger partial charge is 0.305 e. The van der Waals surface area contributed by atoms with E-state index in [9.17, 15) is 9.59 Å². The molecule has 7 heteroatoms. The van der Waals surface area contributed by atoms with Crippen LogP contribution in [0.4, 0.5) is 0 Å². The zero-order chi connectivity index (χ0) is 14.5. The average molecular weight is 291 g/mol. The number of benzene rings is 1. The second kappa shape index (κ2) is 6.25. The Morgan fingerprint density at radius 1 is 1.35 bits per heavy atom. The van der Waals surface area contributed by atoms with Gasteiger partial charge in [0.05, 0.1) is 6.42 Å². The van der Waals surface area contributed by atoms with Gasteiger partial charge in [0, 0.05) is 17.7 Å². The van der Waals surface area contributed by atoms with Gasteiger partial charge in [-0.05, 0) is 19.1 Å². The van der Waals surface area contributed by atoms with Gasteiger partial charge in [0.25, 0.3) is 5.91 Å². The maximum absolute atomic E-state index is 11.9. The minimum absolute atomic E-state index is 0.0962. The number of nitrogens with zero attached hydrogens (tertiary/aromatic N) is 2. The molecular formula is C13H13N3O3S. The summed E-state index contributed by atoms with van der Waals surface area (Å²) in [4.78, 5) is 22.3. The summed E-state index contributed by atoms with van der Waals surface area (Å²) in [5, 5.41) is 20.7. The number of rotatable bonds is 5. The minimum Gasteiger partial charge on any atom is -0.481 e. The minimum atomic E-state index is -0.941. The lowest BCUT2D eigenvalue weighted by Gasteiger charge is -2.04. The molecule has 0 spiro atoms. The summed E-state index contributed by atoms with van der Waals surface area (Å²) in [6.07, 6.45) is -0.0962. The van der Waals surface area contributed by atoms with E-state index in [1.54, 1.807) is 18.2 Å². The molecule has 6 nitrogen and oxygen atoms in total. The maximum atomic E-state index is 11.9. The van der Waals surface area contributed by atoms with Crippen molar-refractivity contribution >= 4 is 23.2 Å². The average Bonchev–Trinajstić information content (AvgIpc) is 2.85. The lowest BCUT2D eigenvalue weighted by molar-refractivity contribution is -0.136. The molecule has 0 bridgehead atoms. The van der Waals surface area contributed by atoms with Gasteiger partial charge in [-0.3, -0.25) is 9.59 Å². The van der Waals surface area contributed by atoms with Crippen molar-refractivity contribution in [2.24, 2.45) is 0 Å². The number of carboxylic acids is 1. The van der Waals surface area contributed by atoms with E-state index in [0.29, 0.717) is 5.56 Å². The molecule has 1 aromatic carbocycles. The molecule has 2 aromatic rings. The lowest BCUT2D eigenvalue weighted by Crippen LogP contribution is -2.25. The number of amides is 1. The van der Waals surface area contributed by atoms with Crippen LogP contribution in [0.15, 0.2) is 24.3 Å². The van der Waals surface area contributed by atoms with E-state index < -0.39 is 5.97 Å². The number of carbonyl (C=O) groups is 2. The third-order valence-electron chi connectivity index (χ3n) is 2.52. The van der Waals surface area contributed by atoms with Crippen molar-refractivity contribution in [3.8, 4) is 10.6 Å². The van der Waals surface area contributed by atoms with E-state index in [2.05, 4.69) is 15.5 Å². The van der Waals surface area contributed by atoms with Crippen LogP contribution in [0.1, 0.15) is 21.8 Å². The quantitative estimate of drug-likeness (QED) is 0.875. The second-order valence-corrected chi connectivity index (χ2v) is 5.29. The molecular weight excluding hydrogens is 278 g/mol. The normalized spacial score (nSPS) is 10.2. The van der Waals surface area contributed by atoms with Crippen LogP contribution in [-0.2, 0) is 4.79 Å². The zero-order valence-corrected chi connectivity index (χ0v) is 11.6. The molecule has 0 saturated carbocycles. The molecule has 1 aromatic heterocycles. The molecule has 20 heavy (non-hydrogen) atoms. The van der Waals surface area contributed by atoms with E-state index in [1.807, 2.05) is 13.0 Å². The SMILES string of the molecule is Cc1nnc(-c2cccc(C(=O)NCCC(=O)O)c2)s1. The van der Waals surface area contributed by atoms with Crippen LogP contribution in [0.3, 0.4) is 0 Å². The van der Waals surface area contributed by atoms with Crippen molar-refractivity contribution in [2.75, 3.05) is 6.54 Å². The first-order valence-electron chi connectivity index (χ1n) is 5.97. The van der Waals surface area contributed by atoms with Crippen LogP contribution in [0, 0.1) is 6.92 Å². The highest BCUT2D eigenvalue weighted by atomic mass is 32.1. The van der Waals surface area contributed by atoms with Crippen LogP contribution in [0.25, 0.3) is 10.6 Å². The predicted molar refractivity (Wildman–Crippen MR) is 74.7 cm³/mol. The van der Waals surface area contributed by atoms with Crippen molar-refractivity contribution in [3.63, 3.8) is 0 Å². The number of carbonyl (C=O) groups excluding carboxylic acids is 1. The molecule has 0 saturated heterocycles. The van der Waals surface area contributed by atoms with E-state index in [1.165, 1.54) is 11.3 Å². The molecule has 2 rings (SSSR count). The summed E-state index contributed by atoms with van der Waals surface area (Å²) in [7, 11) is 0. The van der Waals surface area contributed by atoms with E-state index in [-0.39, 0.29) is 18.9 Å². The summed E-state index contributed by atoms with van der Waals surface area (Å²) >= 11 is 1.45. The molecule has 0 radical (unpaired) electrons. The Morgan fingerprint density at radius 2 is 2.15 bits per heavy atom. The Hall–Kier alpha value is -2.28. The van der Waals surface area contributed by atoms with Gasteiger partial charge in [-0.1, -0.05) is 23.5 Å². The monoisotopic (exact) mass is 291 g/mol. The van der Waals surface area contributed by atoms with Crippen LogP contribution in [-0.4, -0.2) is 33.7 Å². The topological polar surface area (TPSA) is 92.2 Å². The van der Waals surface area contributed by atoms with Crippen LogP contribution in [0.5, 0.6) is 0 Å². The van der Waals surface area contributed by atoms with Gasteiger partial charge < -0.3 is 10.4 Å². The molecule has 104 valence electrons. The Kier molecular flexibility index (Phi) is 4.41. The Labute approximate surface area is 119 Å². The van der Waals surface area contributed by atoms with Gasteiger partial charge in [-0.15, -0.1) is 10.2 Å². The Bertz CT molecular complexity index is 639. The molecule has 0 aliphatic rings. The highest BCUT2D eigenvalue weighted by molar-refractivity contribution is 7.14. The lowest BCUT2D eigenvalue weighted by atomic mass is 10.1. The van der Waals surface area contributed by atoms with Crippen molar-refractivity contribution in [1.82, 2.24) is 15.5 Å². The molecule has 2 N–H and O–H groups in total.